The van der Waals surface area contributed by atoms with Crippen LogP contribution in [0.2, 0.25) is 0 Å². The first-order valence-corrected chi connectivity index (χ1v) is 5.28. The molecule has 0 aromatic rings. The Morgan fingerprint density at radius 3 is 2.67 bits per heavy atom. The average molecular weight is 227 g/mol. The van der Waals surface area contributed by atoms with Gasteiger partial charge in [0.05, 0.1) is 23.5 Å². The lowest BCUT2D eigenvalue weighted by atomic mass is 9.86. The first kappa shape index (κ1) is 12.0. The normalized spacial score (nSPS) is 28.9. The highest BCUT2D eigenvalue weighted by Crippen LogP contribution is 2.36. The largest absolute Gasteiger partial charge is 0.466 e. The Labute approximate surface area is 92.5 Å². The molecule has 0 radical (unpaired) electrons. The molecule has 0 fully saturated rings. The molecule has 0 aromatic carbocycles. The number of carbonyl (C=O) groups is 2. The Kier molecular flexibility index (Phi) is 3.36. The number of rotatable bonds is 3. The highest BCUT2D eigenvalue weighted by molar-refractivity contribution is 8.03. The lowest BCUT2D eigenvalue weighted by Crippen LogP contribution is -2.51. The van der Waals surface area contributed by atoms with E-state index in [0.717, 1.165) is 0 Å². The van der Waals surface area contributed by atoms with Gasteiger partial charge in [-0.2, -0.15) is 0 Å². The summed E-state index contributed by atoms with van der Waals surface area (Å²) in [7, 11) is 1.26. The summed E-state index contributed by atoms with van der Waals surface area (Å²) in [6.07, 6.45) is 1.61. The van der Waals surface area contributed by atoms with E-state index in [1.807, 2.05) is 0 Å². The zero-order valence-corrected chi connectivity index (χ0v) is 9.47. The fourth-order valence-electron chi connectivity index (χ4n) is 1.42. The molecule has 82 valence electrons. The predicted octanol–water partition coefficient (Wildman–Crippen LogP) is 0.631. The summed E-state index contributed by atoms with van der Waals surface area (Å²) in [5.41, 5.74) is 4.98. The summed E-state index contributed by atoms with van der Waals surface area (Å²) in [6.45, 7) is 5.04. The molecule has 2 N–H and O–H groups in total. The van der Waals surface area contributed by atoms with Gasteiger partial charge in [0.15, 0.2) is 0 Å². The van der Waals surface area contributed by atoms with E-state index in [4.69, 9.17) is 5.73 Å². The minimum atomic E-state index is -1.12. The van der Waals surface area contributed by atoms with Gasteiger partial charge in [-0.1, -0.05) is 12.7 Å². The first-order chi connectivity index (χ1) is 6.93. The number of hydrogen-bond donors (Lipinski definition) is 1. The van der Waals surface area contributed by atoms with Gasteiger partial charge in [-0.05, 0) is 12.3 Å². The van der Waals surface area contributed by atoms with E-state index in [1.54, 1.807) is 11.5 Å². The van der Waals surface area contributed by atoms with Gasteiger partial charge in [0.1, 0.15) is 5.78 Å². The molecule has 1 heterocycles. The van der Waals surface area contributed by atoms with E-state index < -0.39 is 16.8 Å². The van der Waals surface area contributed by atoms with Gasteiger partial charge in [0, 0.05) is 0 Å². The predicted molar refractivity (Wildman–Crippen MR) is 59.3 cm³/mol. The molecular weight excluding hydrogens is 214 g/mol. The molecule has 15 heavy (non-hydrogen) atoms. The van der Waals surface area contributed by atoms with Crippen molar-refractivity contribution in [2.24, 2.45) is 5.73 Å². The summed E-state index contributed by atoms with van der Waals surface area (Å²) in [5, 5.41) is 1.21. The van der Waals surface area contributed by atoms with Crippen molar-refractivity contribution in [1.82, 2.24) is 0 Å². The fraction of sp³-hybridized carbons (Fsp3) is 0.400. The van der Waals surface area contributed by atoms with Gasteiger partial charge in [-0.15, -0.1) is 11.8 Å². The van der Waals surface area contributed by atoms with Crippen molar-refractivity contribution in [2.45, 2.75) is 17.7 Å². The number of ether oxygens (including phenoxy) is 1. The van der Waals surface area contributed by atoms with Crippen LogP contribution in [-0.2, 0) is 14.3 Å². The average Bonchev–Trinajstić information content (AvgIpc) is 2.59. The lowest BCUT2D eigenvalue weighted by Gasteiger charge is -2.28. The molecule has 0 amide bonds. The first-order valence-electron chi connectivity index (χ1n) is 4.33. The molecule has 2 unspecified atom stereocenters. The number of ketones is 1. The molecule has 1 aliphatic rings. The summed E-state index contributed by atoms with van der Waals surface area (Å²) in [5.74, 6) is -0.673. The second-order valence-electron chi connectivity index (χ2n) is 3.33. The molecule has 0 bridgehead atoms. The Morgan fingerprint density at radius 2 is 2.20 bits per heavy atom. The maximum atomic E-state index is 11.3. The van der Waals surface area contributed by atoms with Gasteiger partial charge < -0.3 is 10.5 Å². The molecular formula is C10H13NO3S. The fourth-order valence-corrected chi connectivity index (χ4v) is 2.52. The van der Waals surface area contributed by atoms with Crippen molar-refractivity contribution in [3.8, 4) is 0 Å². The van der Waals surface area contributed by atoms with E-state index in [-0.39, 0.29) is 11.4 Å². The summed E-state index contributed by atoms with van der Waals surface area (Å²) in [6, 6.07) is 0. The van der Waals surface area contributed by atoms with Crippen molar-refractivity contribution in [3.63, 3.8) is 0 Å². The zero-order chi connectivity index (χ0) is 11.6. The minimum Gasteiger partial charge on any atom is -0.466 e. The number of thioether (sulfide) groups is 1. The lowest BCUT2D eigenvalue weighted by molar-refractivity contribution is -0.136. The van der Waals surface area contributed by atoms with E-state index in [9.17, 15) is 9.59 Å². The second-order valence-corrected chi connectivity index (χ2v) is 4.35. The van der Waals surface area contributed by atoms with Crippen molar-refractivity contribution in [3.05, 3.63) is 23.6 Å². The molecule has 2 atom stereocenters. The highest BCUT2D eigenvalue weighted by atomic mass is 32.2. The van der Waals surface area contributed by atoms with Crippen molar-refractivity contribution >= 4 is 23.5 Å². The molecule has 0 saturated heterocycles. The van der Waals surface area contributed by atoms with E-state index in [2.05, 4.69) is 11.3 Å². The summed E-state index contributed by atoms with van der Waals surface area (Å²) < 4.78 is 4.54. The van der Waals surface area contributed by atoms with Crippen LogP contribution < -0.4 is 5.73 Å². The van der Waals surface area contributed by atoms with E-state index in [1.165, 1.54) is 25.8 Å². The summed E-state index contributed by atoms with van der Waals surface area (Å²) in [4.78, 5) is 22.7. The van der Waals surface area contributed by atoms with Gasteiger partial charge in [-0.3, -0.25) is 4.79 Å². The van der Waals surface area contributed by atoms with Gasteiger partial charge in [0.2, 0.25) is 0 Å². The molecule has 0 aromatic heterocycles. The van der Waals surface area contributed by atoms with Crippen LogP contribution in [0.4, 0.5) is 0 Å². The number of esters is 1. The maximum absolute atomic E-state index is 11.3. The number of nitrogens with two attached hydrogens (primary N) is 1. The molecule has 5 heteroatoms. The molecule has 0 aliphatic carbocycles. The topological polar surface area (TPSA) is 69.4 Å². The Hall–Kier alpha value is -1.07. The van der Waals surface area contributed by atoms with Crippen LogP contribution >= 0.6 is 11.8 Å². The third-order valence-electron chi connectivity index (χ3n) is 2.32. The monoisotopic (exact) mass is 227 g/mol. The highest BCUT2D eigenvalue weighted by Gasteiger charge is 2.44. The molecule has 4 nitrogen and oxygen atoms in total. The van der Waals surface area contributed by atoms with Crippen molar-refractivity contribution in [1.29, 1.82) is 0 Å². The van der Waals surface area contributed by atoms with Crippen LogP contribution in [0, 0.1) is 0 Å². The number of Topliss-reactive ketones (excluding diaryl/α,β-unsaturated/α-hetero) is 1. The van der Waals surface area contributed by atoms with Crippen LogP contribution in [0.25, 0.3) is 0 Å². The standard InChI is InChI=1S/C10H13NO3S/c1-6(9(13)14-3)10(11)4-5-15-8(10)7(2)12/h4-5,8H,1,11H2,2-3H3. The van der Waals surface area contributed by atoms with Crippen LogP contribution in [0.5, 0.6) is 0 Å². The SMILES string of the molecule is C=C(C(=O)OC)C1(N)C=CSC1C(C)=O. The van der Waals surface area contributed by atoms with Gasteiger partial charge in [-0.25, -0.2) is 4.79 Å². The quantitative estimate of drug-likeness (QED) is 0.565. The second kappa shape index (κ2) is 4.20. The van der Waals surface area contributed by atoms with Crippen molar-refractivity contribution < 1.29 is 14.3 Å². The third kappa shape index (κ3) is 1.98. The molecule has 1 rings (SSSR count). The smallest absolute Gasteiger partial charge is 0.335 e. The van der Waals surface area contributed by atoms with Crippen molar-refractivity contribution in [2.75, 3.05) is 7.11 Å². The maximum Gasteiger partial charge on any atom is 0.335 e. The van der Waals surface area contributed by atoms with Crippen LogP contribution in [0.15, 0.2) is 23.6 Å². The van der Waals surface area contributed by atoms with E-state index in [0.29, 0.717) is 0 Å². The number of methoxy groups -OCH3 is 1. The zero-order valence-electron chi connectivity index (χ0n) is 8.65. The van der Waals surface area contributed by atoms with Gasteiger partial charge >= 0.3 is 5.97 Å². The third-order valence-corrected chi connectivity index (χ3v) is 3.60. The summed E-state index contributed by atoms with van der Waals surface area (Å²) >= 11 is 1.29. The Morgan fingerprint density at radius 1 is 1.60 bits per heavy atom. The molecule has 1 aliphatic heterocycles. The minimum absolute atomic E-state index is 0.0856. The van der Waals surface area contributed by atoms with Crippen LogP contribution in [0.1, 0.15) is 6.92 Å². The Bertz CT molecular complexity index is 351. The van der Waals surface area contributed by atoms with Crippen LogP contribution in [-0.4, -0.2) is 29.7 Å². The number of hydrogen-bond acceptors (Lipinski definition) is 5. The molecule has 0 saturated carbocycles. The number of carbonyl (C=O) groups excluding carboxylic acids is 2. The Balaban J connectivity index is 2.99. The van der Waals surface area contributed by atoms with E-state index >= 15 is 0 Å². The molecule has 0 spiro atoms. The van der Waals surface area contributed by atoms with Gasteiger partial charge in [0.25, 0.3) is 0 Å². The van der Waals surface area contributed by atoms with Crippen LogP contribution in [0.3, 0.4) is 0 Å².